The highest BCUT2D eigenvalue weighted by molar-refractivity contribution is 6.31. The van der Waals surface area contributed by atoms with E-state index in [-0.39, 0.29) is 0 Å². The van der Waals surface area contributed by atoms with Crippen molar-refractivity contribution < 1.29 is 19.4 Å². The van der Waals surface area contributed by atoms with E-state index in [1.54, 1.807) is 19.1 Å². The Kier molecular flexibility index (Phi) is 4.15. The number of aliphatic hydroxyl groups excluding tert-OH is 1. The van der Waals surface area contributed by atoms with Crippen LogP contribution in [-0.2, 0) is 9.53 Å². The second-order valence-electron chi connectivity index (χ2n) is 3.21. The van der Waals surface area contributed by atoms with Crippen molar-refractivity contribution >= 4 is 17.6 Å². The first-order valence-corrected chi connectivity index (χ1v) is 4.99. The number of ether oxygens (including phenoxy) is 2. The summed E-state index contributed by atoms with van der Waals surface area (Å²) in [5.74, 6) is -0.344. The lowest BCUT2D eigenvalue weighted by Gasteiger charge is -2.16. The van der Waals surface area contributed by atoms with E-state index >= 15 is 0 Å². The predicted molar refractivity (Wildman–Crippen MR) is 59.7 cm³/mol. The molecule has 16 heavy (non-hydrogen) atoms. The summed E-state index contributed by atoms with van der Waals surface area (Å²) in [6.07, 6.45) is -1.39. The third kappa shape index (κ3) is 2.28. The molecule has 0 aliphatic carbocycles. The molecule has 0 aliphatic rings. The van der Waals surface area contributed by atoms with E-state index in [2.05, 4.69) is 4.74 Å². The van der Waals surface area contributed by atoms with E-state index in [9.17, 15) is 9.90 Å². The van der Waals surface area contributed by atoms with Gasteiger partial charge in [-0.3, -0.25) is 0 Å². The zero-order chi connectivity index (χ0) is 12.3. The molecule has 1 atom stereocenters. The SMILES string of the molecule is COC(=O)C(O)c1c(OC)ccc(Cl)c1C. The molecule has 0 heterocycles. The molecule has 0 amide bonds. The molecule has 1 aromatic carbocycles. The first-order chi connectivity index (χ1) is 7.52. The number of carbonyl (C=O) groups excluding carboxylic acids is 1. The van der Waals surface area contributed by atoms with Gasteiger partial charge in [-0.15, -0.1) is 0 Å². The topological polar surface area (TPSA) is 55.8 Å². The van der Waals surface area contributed by atoms with Crippen molar-refractivity contribution in [2.24, 2.45) is 0 Å². The lowest BCUT2D eigenvalue weighted by Crippen LogP contribution is -2.15. The molecule has 0 saturated carbocycles. The lowest BCUT2D eigenvalue weighted by molar-refractivity contribution is -0.150. The quantitative estimate of drug-likeness (QED) is 0.825. The second-order valence-corrected chi connectivity index (χ2v) is 3.62. The Morgan fingerprint density at radius 1 is 1.44 bits per heavy atom. The lowest BCUT2D eigenvalue weighted by atomic mass is 10.0. The molecule has 1 aromatic rings. The molecular weight excluding hydrogens is 232 g/mol. The molecule has 0 saturated heterocycles. The molecule has 0 fully saturated rings. The Morgan fingerprint density at radius 2 is 2.06 bits per heavy atom. The van der Waals surface area contributed by atoms with Gasteiger partial charge in [-0.05, 0) is 24.6 Å². The highest BCUT2D eigenvalue weighted by Gasteiger charge is 2.24. The van der Waals surface area contributed by atoms with Gasteiger partial charge in [-0.25, -0.2) is 4.79 Å². The molecule has 5 heteroatoms. The number of esters is 1. The third-order valence-corrected chi connectivity index (χ3v) is 2.74. The van der Waals surface area contributed by atoms with Gasteiger partial charge in [0.2, 0.25) is 0 Å². The van der Waals surface area contributed by atoms with Crippen LogP contribution in [0, 0.1) is 6.92 Å². The van der Waals surface area contributed by atoms with Gasteiger partial charge in [0.1, 0.15) is 5.75 Å². The molecule has 0 radical (unpaired) electrons. The van der Waals surface area contributed by atoms with E-state index < -0.39 is 12.1 Å². The molecule has 0 aromatic heterocycles. The van der Waals surface area contributed by atoms with Crippen LogP contribution in [0.3, 0.4) is 0 Å². The largest absolute Gasteiger partial charge is 0.496 e. The van der Waals surface area contributed by atoms with Gasteiger partial charge in [-0.1, -0.05) is 11.6 Å². The fraction of sp³-hybridized carbons (Fsp3) is 0.364. The maximum atomic E-state index is 11.3. The van der Waals surface area contributed by atoms with Crippen LogP contribution >= 0.6 is 11.6 Å². The maximum absolute atomic E-state index is 11.3. The summed E-state index contributed by atoms with van der Waals surface area (Å²) in [5, 5.41) is 10.3. The molecule has 1 rings (SSSR count). The second kappa shape index (κ2) is 5.18. The maximum Gasteiger partial charge on any atom is 0.339 e. The molecule has 1 N–H and O–H groups in total. The van der Waals surface area contributed by atoms with Crippen molar-refractivity contribution in [2.75, 3.05) is 14.2 Å². The van der Waals surface area contributed by atoms with Crippen LogP contribution in [-0.4, -0.2) is 25.3 Å². The average Bonchev–Trinajstić information content (AvgIpc) is 2.30. The van der Waals surface area contributed by atoms with Crippen LogP contribution < -0.4 is 4.74 Å². The van der Waals surface area contributed by atoms with Gasteiger partial charge in [0, 0.05) is 10.6 Å². The fourth-order valence-electron chi connectivity index (χ4n) is 1.42. The molecule has 0 aliphatic heterocycles. The molecule has 0 bridgehead atoms. The first kappa shape index (κ1) is 12.8. The van der Waals surface area contributed by atoms with Crippen LogP contribution in [0.15, 0.2) is 12.1 Å². The Hall–Kier alpha value is -1.26. The van der Waals surface area contributed by atoms with Crippen molar-refractivity contribution in [2.45, 2.75) is 13.0 Å². The predicted octanol–water partition coefficient (Wildman–Crippen LogP) is 1.86. The van der Waals surface area contributed by atoms with Crippen LogP contribution in [0.1, 0.15) is 17.2 Å². The van der Waals surface area contributed by atoms with Crippen molar-refractivity contribution in [1.82, 2.24) is 0 Å². The Labute approximate surface area is 98.7 Å². The fourth-order valence-corrected chi connectivity index (χ4v) is 1.59. The normalized spacial score (nSPS) is 12.1. The van der Waals surface area contributed by atoms with Gasteiger partial charge >= 0.3 is 5.97 Å². The number of halogens is 1. The molecular formula is C11H13ClO4. The summed E-state index contributed by atoms with van der Waals surface area (Å²) in [6.45, 7) is 1.70. The monoisotopic (exact) mass is 244 g/mol. The van der Waals surface area contributed by atoms with Gasteiger partial charge in [0.05, 0.1) is 14.2 Å². The van der Waals surface area contributed by atoms with Crippen molar-refractivity contribution in [3.05, 3.63) is 28.3 Å². The number of benzene rings is 1. The molecule has 0 spiro atoms. The number of rotatable bonds is 3. The van der Waals surface area contributed by atoms with Gasteiger partial charge in [0.15, 0.2) is 6.10 Å². The highest BCUT2D eigenvalue weighted by atomic mass is 35.5. The van der Waals surface area contributed by atoms with E-state index in [4.69, 9.17) is 16.3 Å². The van der Waals surface area contributed by atoms with E-state index in [0.29, 0.717) is 21.9 Å². The molecule has 88 valence electrons. The number of methoxy groups -OCH3 is 2. The summed E-state index contributed by atoms with van der Waals surface area (Å²) >= 11 is 5.92. The number of aliphatic hydroxyl groups is 1. The Bertz CT molecular complexity index is 403. The van der Waals surface area contributed by atoms with Crippen molar-refractivity contribution in [1.29, 1.82) is 0 Å². The van der Waals surface area contributed by atoms with Crippen LogP contribution in [0.5, 0.6) is 5.75 Å². The van der Waals surface area contributed by atoms with Gasteiger partial charge < -0.3 is 14.6 Å². The summed E-state index contributed by atoms with van der Waals surface area (Å²) in [5.41, 5.74) is 0.931. The van der Waals surface area contributed by atoms with Crippen LogP contribution in [0.2, 0.25) is 5.02 Å². The zero-order valence-electron chi connectivity index (χ0n) is 9.28. The summed E-state index contributed by atoms with van der Waals surface area (Å²) in [4.78, 5) is 11.3. The summed E-state index contributed by atoms with van der Waals surface area (Å²) in [7, 11) is 2.66. The van der Waals surface area contributed by atoms with Crippen molar-refractivity contribution in [3.63, 3.8) is 0 Å². The Balaban J connectivity index is 3.29. The van der Waals surface area contributed by atoms with E-state index in [1.165, 1.54) is 14.2 Å². The third-order valence-electron chi connectivity index (χ3n) is 2.33. The minimum Gasteiger partial charge on any atom is -0.496 e. The number of hydrogen-bond acceptors (Lipinski definition) is 4. The van der Waals surface area contributed by atoms with E-state index in [0.717, 1.165) is 0 Å². The summed E-state index contributed by atoms with van der Waals surface area (Å²) in [6, 6.07) is 3.24. The first-order valence-electron chi connectivity index (χ1n) is 4.61. The average molecular weight is 245 g/mol. The smallest absolute Gasteiger partial charge is 0.339 e. The van der Waals surface area contributed by atoms with Crippen molar-refractivity contribution in [3.8, 4) is 5.75 Å². The van der Waals surface area contributed by atoms with Gasteiger partial charge in [0.25, 0.3) is 0 Å². The highest BCUT2D eigenvalue weighted by Crippen LogP contribution is 2.33. The van der Waals surface area contributed by atoms with Crippen LogP contribution in [0.4, 0.5) is 0 Å². The minimum atomic E-state index is -1.39. The number of hydrogen-bond donors (Lipinski definition) is 1. The molecule has 4 nitrogen and oxygen atoms in total. The minimum absolute atomic E-state index is 0.335. The zero-order valence-corrected chi connectivity index (χ0v) is 10.0. The Morgan fingerprint density at radius 3 is 2.56 bits per heavy atom. The van der Waals surface area contributed by atoms with Crippen LogP contribution in [0.25, 0.3) is 0 Å². The number of carbonyl (C=O) groups is 1. The molecule has 1 unspecified atom stereocenters. The van der Waals surface area contributed by atoms with E-state index in [1.807, 2.05) is 0 Å². The standard InChI is InChI=1S/C11H13ClO4/c1-6-7(12)4-5-8(15-2)9(6)10(13)11(14)16-3/h4-5,10,13H,1-3H3. The summed E-state index contributed by atoms with van der Waals surface area (Å²) < 4.78 is 9.54. The van der Waals surface area contributed by atoms with Gasteiger partial charge in [-0.2, -0.15) is 0 Å².